The lowest BCUT2D eigenvalue weighted by Crippen LogP contribution is -1.85. The van der Waals surface area contributed by atoms with Gasteiger partial charge in [0.25, 0.3) is 0 Å². The van der Waals surface area contributed by atoms with Gasteiger partial charge in [-0.3, -0.25) is 0 Å². The molecule has 118 valence electrons. The van der Waals surface area contributed by atoms with Crippen LogP contribution in [-0.4, -0.2) is 22.2 Å². The van der Waals surface area contributed by atoms with Crippen molar-refractivity contribution in [1.82, 2.24) is 9.97 Å². The molecule has 6 nitrogen and oxygen atoms in total. The van der Waals surface area contributed by atoms with E-state index in [2.05, 4.69) is 20.2 Å². The third-order valence-electron chi connectivity index (χ3n) is 3.86. The summed E-state index contributed by atoms with van der Waals surface area (Å²) < 4.78 is 5.40. The number of aromatic nitrogens is 2. The van der Waals surface area contributed by atoms with Gasteiger partial charge in [-0.1, -0.05) is 24.3 Å². The lowest BCUT2D eigenvalue weighted by molar-refractivity contribution is 0.418. The summed E-state index contributed by atoms with van der Waals surface area (Å²) in [5.74, 6) is 0.721. The Morgan fingerprint density at radius 3 is 2.71 bits per heavy atom. The molecule has 0 fully saturated rings. The van der Waals surface area contributed by atoms with Gasteiger partial charge in [-0.2, -0.15) is 5.11 Å². The second-order valence-electron chi connectivity index (χ2n) is 5.30. The highest BCUT2D eigenvalue weighted by Gasteiger charge is 2.11. The Morgan fingerprint density at radius 2 is 1.88 bits per heavy atom. The maximum atomic E-state index is 10.5. The van der Waals surface area contributed by atoms with Gasteiger partial charge in [-0.25, -0.2) is 4.98 Å². The summed E-state index contributed by atoms with van der Waals surface area (Å²) in [5, 5.41) is 20.4. The Bertz CT molecular complexity index is 1070. The number of imidazole rings is 1. The highest BCUT2D eigenvalue weighted by atomic mass is 16.5. The van der Waals surface area contributed by atoms with Gasteiger partial charge in [0.05, 0.1) is 30.2 Å². The van der Waals surface area contributed by atoms with E-state index in [9.17, 15) is 5.11 Å². The van der Waals surface area contributed by atoms with Crippen LogP contribution in [0.25, 0.3) is 21.8 Å². The summed E-state index contributed by atoms with van der Waals surface area (Å²) in [6.45, 7) is 0. The largest absolute Gasteiger partial charge is 0.505 e. The van der Waals surface area contributed by atoms with E-state index in [-0.39, 0.29) is 5.75 Å². The van der Waals surface area contributed by atoms with Crippen molar-refractivity contribution in [3.8, 4) is 11.5 Å². The van der Waals surface area contributed by atoms with Crippen molar-refractivity contribution in [3.05, 3.63) is 54.9 Å². The monoisotopic (exact) mass is 318 g/mol. The normalized spacial score (nSPS) is 11.5. The van der Waals surface area contributed by atoms with E-state index >= 15 is 0 Å². The predicted octanol–water partition coefficient (Wildman–Crippen LogP) is 4.85. The van der Waals surface area contributed by atoms with Crippen LogP contribution >= 0.6 is 0 Å². The average molecular weight is 318 g/mol. The van der Waals surface area contributed by atoms with Gasteiger partial charge >= 0.3 is 0 Å². The molecule has 2 N–H and O–H groups in total. The molecule has 0 unspecified atom stereocenters. The van der Waals surface area contributed by atoms with Gasteiger partial charge in [0.15, 0.2) is 5.75 Å². The number of phenols is 1. The summed E-state index contributed by atoms with van der Waals surface area (Å²) in [4.78, 5) is 7.19. The molecule has 0 atom stereocenters. The molecule has 4 aromatic rings. The van der Waals surface area contributed by atoms with E-state index in [4.69, 9.17) is 4.74 Å². The van der Waals surface area contributed by atoms with Gasteiger partial charge in [-0.15, -0.1) is 5.11 Å². The van der Waals surface area contributed by atoms with Crippen LogP contribution in [0, 0.1) is 0 Å². The second-order valence-corrected chi connectivity index (χ2v) is 5.30. The van der Waals surface area contributed by atoms with Gasteiger partial charge in [0, 0.05) is 16.8 Å². The Labute approximate surface area is 137 Å². The first-order valence-corrected chi connectivity index (χ1v) is 7.40. The third kappa shape index (κ3) is 2.34. The summed E-state index contributed by atoms with van der Waals surface area (Å²) in [7, 11) is 1.59. The Balaban J connectivity index is 1.79. The highest BCUT2D eigenvalue weighted by molar-refractivity contribution is 5.97. The molecule has 0 spiro atoms. The molecular weight excluding hydrogens is 304 g/mol. The minimum atomic E-state index is 0.0813. The molecule has 24 heavy (non-hydrogen) atoms. The molecule has 0 aliphatic carbocycles. The summed E-state index contributed by atoms with van der Waals surface area (Å²) in [6, 6.07) is 14.7. The molecule has 1 aromatic heterocycles. The lowest BCUT2D eigenvalue weighted by Gasteiger charge is -2.09. The average Bonchev–Trinajstić information content (AvgIpc) is 3.09. The number of ether oxygens (including phenoxy) is 1. The summed E-state index contributed by atoms with van der Waals surface area (Å²) in [6.07, 6.45) is 1.63. The number of aromatic amines is 1. The molecule has 0 aliphatic heterocycles. The van der Waals surface area contributed by atoms with Crippen molar-refractivity contribution in [1.29, 1.82) is 0 Å². The fourth-order valence-electron chi connectivity index (χ4n) is 2.66. The maximum Gasteiger partial charge on any atom is 0.151 e. The van der Waals surface area contributed by atoms with Crippen LogP contribution in [0.2, 0.25) is 0 Å². The molecule has 0 radical (unpaired) electrons. The number of azo groups is 1. The maximum absolute atomic E-state index is 10.5. The van der Waals surface area contributed by atoms with Crippen LogP contribution in [-0.2, 0) is 0 Å². The number of phenolic OH excluding ortho intramolecular Hbond substituents is 1. The fraction of sp³-hybridized carbons (Fsp3) is 0.0556. The molecule has 0 saturated carbocycles. The molecule has 3 aromatic carbocycles. The minimum absolute atomic E-state index is 0.0813. The van der Waals surface area contributed by atoms with Crippen LogP contribution in [0.4, 0.5) is 11.4 Å². The number of hydrogen-bond acceptors (Lipinski definition) is 5. The number of nitrogens with one attached hydrogen (secondary N) is 1. The number of hydrogen-bond donors (Lipinski definition) is 2. The van der Waals surface area contributed by atoms with E-state index in [1.807, 2.05) is 42.5 Å². The second kappa shape index (κ2) is 5.66. The standard InChI is InChI=1S/C18H14N4O2/c1-24-17-9-16(18(23)13-5-3-2-4-12(13)17)22-21-11-6-7-14-15(8-11)20-10-19-14/h2-10,23H,1H3,(H,19,20)/b22-21+. The first-order chi connectivity index (χ1) is 11.8. The van der Waals surface area contributed by atoms with Crippen LogP contribution in [0.5, 0.6) is 11.5 Å². The van der Waals surface area contributed by atoms with Crippen LogP contribution < -0.4 is 4.74 Å². The van der Waals surface area contributed by atoms with Gasteiger partial charge in [0.1, 0.15) is 11.4 Å². The van der Waals surface area contributed by atoms with E-state index in [0.29, 0.717) is 22.5 Å². The molecule has 0 saturated heterocycles. The van der Waals surface area contributed by atoms with Crippen molar-refractivity contribution in [2.75, 3.05) is 7.11 Å². The van der Waals surface area contributed by atoms with E-state index < -0.39 is 0 Å². The zero-order valence-electron chi connectivity index (χ0n) is 12.9. The van der Waals surface area contributed by atoms with Crippen LogP contribution in [0.3, 0.4) is 0 Å². The number of benzene rings is 3. The topological polar surface area (TPSA) is 82.9 Å². The first-order valence-electron chi connectivity index (χ1n) is 7.40. The number of aromatic hydroxyl groups is 1. The third-order valence-corrected chi connectivity index (χ3v) is 3.86. The van der Waals surface area contributed by atoms with Gasteiger partial charge in [-0.05, 0) is 18.2 Å². The first kappa shape index (κ1) is 14.2. The smallest absolute Gasteiger partial charge is 0.151 e. The molecule has 6 heteroatoms. The molecule has 0 amide bonds. The van der Waals surface area contributed by atoms with Gasteiger partial charge in [0.2, 0.25) is 0 Å². The minimum Gasteiger partial charge on any atom is -0.505 e. The molecule has 1 heterocycles. The quantitative estimate of drug-likeness (QED) is 0.530. The number of methoxy groups -OCH3 is 1. The Kier molecular flexibility index (Phi) is 3.35. The van der Waals surface area contributed by atoms with Crippen molar-refractivity contribution >= 4 is 33.2 Å². The fourth-order valence-corrected chi connectivity index (χ4v) is 2.66. The highest BCUT2D eigenvalue weighted by Crippen LogP contribution is 2.41. The lowest BCUT2D eigenvalue weighted by atomic mass is 10.1. The molecule has 4 rings (SSSR count). The summed E-state index contributed by atoms with van der Waals surface area (Å²) >= 11 is 0. The number of fused-ring (bicyclic) bond motifs is 2. The van der Waals surface area contributed by atoms with E-state index in [1.165, 1.54) is 0 Å². The van der Waals surface area contributed by atoms with Crippen LogP contribution in [0.15, 0.2) is 65.1 Å². The van der Waals surface area contributed by atoms with Crippen molar-refractivity contribution in [2.24, 2.45) is 10.2 Å². The molecular formula is C18H14N4O2. The van der Waals surface area contributed by atoms with Gasteiger partial charge < -0.3 is 14.8 Å². The Morgan fingerprint density at radius 1 is 1.04 bits per heavy atom. The summed E-state index contributed by atoms with van der Waals surface area (Å²) in [5.41, 5.74) is 2.77. The number of nitrogens with zero attached hydrogens (tertiary/aromatic N) is 3. The van der Waals surface area contributed by atoms with E-state index in [1.54, 1.807) is 19.5 Å². The Hall–Kier alpha value is -3.41. The number of H-pyrrole nitrogens is 1. The van der Waals surface area contributed by atoms with Crippen molar-refractivity contribution in [2.45, 2.75) is 0 Å². The van der Waals surface area contributed by atoms with E-state index in [0.717, 1.165) is 16.4 Å². The zero-order valence-corrected chi connectivity index (χ0v) is 12.9. The molecule has 0 aliphatic rings. The molecule has 0 bridgehead atoms. The van der Waals surface area contributed by atoms with Crippen molar-refractivity contribution < 1.29 is 9.84 Å². The predicted molar refractivity (Wildman–Crippen MR) is 92.4 cm³/mol. The SMILES string of the molecule is COc1cc(/N=N/c2ccc3nc[nH]c3c2)c(O)c2ccccc12. The van der Waals surface area contributed by atoms with Crippen LogP contribution in [0.1, 0.15) is 0 Å². The van der Waals surface area contributed by atoms with Crippen molar-refractivity contribution in [3.63, 3.8) is 0 Å². The zero-order chi connectivity index (χ0) is 16.5. The number of rotatable bonds is 3.